The van der Waals surface area contributed by atoms with Crippen LogP contribution in [0.15, 0.2) is 18.2 Å². The lowest BCUT2D eigenvalue weighted by atomic mass is 10.2. The summed E-state index contributed by atoms with van der Waals surface area (Å²) in [5.74, 6) is 0.954. The highest BCUT2D eigenvalue weighted by Gasteiger charge is 2.15. The second kappa shape index (κ2) is 4.49. The Labute approximate surface area is 105 Å². The van der Waals surface area contributed by atoms with Gasteiger partial charge in [0.05, 0.1) is 11.0 Å². The molecule has 0 saturated carbocycles. The third-order valence-corrected chi connectivity index (χ3v) is 2.81. The molecule has 90 valence electrons. The molecule has 0 amide bonds. The van der Waals surface area contributed by atoms with Gasteiger partial charge < -0.3 is 4.57 Å². The molecule has 3 nitrogen and oxygen atoms in total. The molecule has 2 rings (SSSR count). The van der Waals surface area contributed by atoms with E-state index >= 15 is 0 Å². The van der Waals surface area contributed by atoms with Crippen molar-refractivity contribution in [3.05, 3.63) is 29.0 Å². The topological polar surface area (TPSA) is 34.9 Å². The number of fused-ring (bicyclic) bond motifs is 1. The molecule has 0 N–H and O–H groups in total. The molecule has 1 heterocycles. The van der Waals surface area contributed by atoms with Crippen molar-refractivity contribution in [1.29, 1.82) is 0 Å². The van der Waals surface area contributed by atoms with Gasteiger partial charge in [0.2, 0.25) is 0 Å². The number of halogens is 1. The fourth-order valence-electron chi connectivity index (χ4n) is 1.92. The van der Waals surface area contributed by atoms with E-state index in [-0.39, 0.29) is 5.78 Å². The van der Waals surface area contributed by atoms with E-state index in [1.54, 1.807) is 13.0 Å². The number of rotatable bonds is 3. The molecule has 0 aliphatic carbocycles. The van der Waals surface area contributed by atoms with Gasteiger partial charge in [-0.25, -0.2) is 4.98 Å². The Bertz CT molecular complexity index is 572. The summed E-state index contributed by atoms with van der Waals surface area (Å²) in [7, 11) is 0. The Hall–Kier alpha value is -1.35. The van der Waals surface area contributed by atoms with Crippen molar-refractivity contribution >= 4 is 28.4 Å². The van der Waals surface area contributed by atoms with E-state index in [1.165, 1.54) is 0 Å². The number of carbonyl (C=O) groups excluding carboxylic acids is 1. The van der Waals surface area contributed by atoms with Gasteiger partial charge in [0, 0.05) is 18.5 Å². The number of hydrogen-bond acceptors (Lipinski definition) is 2. The van der Waals surface area contributed by atoms with E-state index in [0.717, 1.165) is 17.6 Å². The molecule has 0 spiro atoms. The smallest absolute Gasteiger partial charge is 0.195 e. The molecule has 17 heavy (non-hydrogen) atoms. The minimum Gasteiger partial charge on any atom is -0.321 e. The van der Waals surface area contributed by atoms with Gasteiger partial charge in [-0.3, -0.25) is 4.79 Å². The molecule has 0 aliphatic heterocycles. The normalized spacial score (nSPS) is 11.4. The minimum atomic E-state index is -0.0158. The highest BCUT2D eigenvalue weighted by Crippen LogP contribution is 2.22. The van der Waals surface area contributed by atoms with Crippen LogP contribution < -0.4 is 0 Å². The summed E-state index contributed by atoms with van der Waals surface area (Å²) in [6.07, 6.45) is 0. The maximum Gasteiger partial charge on any atom is 0.195 e. The first-order chi connectivity index (χ1) is 7.99. The van der Waals surface area contributed by atoms with Crippen LogP contribution in [0.25, 0.3) is 11.0 Å². The Morgan fingerprint density at radius 1 is 1.47 bits per heavy atom. The summed E-state index contributed by atoms with van der Waals surface area (Å²) < 4.78 is 1.97. The number of carbonyl (C=O) groups is 1. The first-order valence-corrected chi connectivity index (χ1v) is 6.03. The Balaban J connectivity index is 2.66. The predicted molar refractivity (Wildman–Crippen MR) is 69.6 cm³/mol. The van der Waals surface area contributed by atoms with Crippen LogP contribution in [0, 0.1) is 5.92 Å². The van der Waals surface area contributed by atoms with E-state index in [2.05, 4.69) is 18.8 Å². The number of imidazole rings is 1. The number of Topliss-reactive ketones (excluding diaryl/α,β-unsaturated/α-hetero) is 1. The number of aromatic nitrogens is 2. The van der Waals surface area contributed by atoms with Gasteiger partial charge >= 0.3 is 0 Å². The van der Waals surface area contributed by atoms with E-state index in [1.807, 2.05) is 16.7 Å². The third kappa shape index (κ3) is 2.34. The Morgan fingerprint density at radius 2 is 2.18 bits per heavy atom. The first-order valence-electron chi connectivity index (χ1n) is 5.65. The molecule has 0 bridgehead atoms. The van der Waals surface area contributed by atoms with Crippen molar-refractivity contribution in [2.75, 3.05) is 0 Å². The fourth-order valence-corrected chi connectivity index (χ4v) is 2.09. The van der Waals surface area contributed by atoms with Gasteiger partial charge in [0.25, 0.3) is 0 Å². The van der Waals surface area contributed by atoms with Crippen molar-refractivity contribution in [1.82, 2.24) is 9.55 Å². The summed E-state index contributed by atoms with van der Waals surface area (Å²) in [5.41, 5.74) is 1.75. The molecule has 0 aliphatic rings. The van der Waals surface area contributed by atoms with Crippen molar-refractivity contribution in [2.45, 2.75) is 27.3 Å². The zero-order valence-electron chi connectivity index (χ0n) is 10.2. The van der Waals surface area contributed by atoms with Gasteiger partial charge in [0.1, 0.15) is 0 Å². The zero-order chi connectivity index (χ0) is 12.6. The Kier molecular flexibility index (Phi) is 3.20. The lowest BCUT2D eigenvalue weighted by Crippen LogP contribution is -2.11. The summed E-state index contributed by atoms with van der Waals surface area (Å²) in [6, 6.07) is 5.53. The van der Waals surface area contributed by atoms with Crippen molar-refractivity contribution in [3.8, 4) is 0 Å². The third-order valence-electron chi connectivity index (χ3n) is 2.57. The average Bonchev–Trinajstić information content (AvgIpc) is 2.55. The molecular formula is C13H15ClN2O. The SMILES string of the molecule is CC(=O)c1nc2cc(Cl)ccc2n1CC(C)C. The van der Waals surface area contributed by atoms with Crippen LogP contribution in [0.4, 0.5) is 0 Å². The fraction of sp³-hybridized carbons (Fsp3) is 0.385. The maximum absolute atomic E-state index is 11.6. The molecule has 0 radical (unpaired) electrons. The number of benzene rings is 1. The van der Waals surface area contributed by atoms with Crippen molar-refractivity contribution < 1.29 is 4.79 Å². The first kappa shape index (κ1) is 12.1. The van der Waals surface area contributed by atoms with E-state index in [9.17, 15) is 4.79 Å². The van der Waals surface area contributed by atoms with E-state index < -0.39 is 0 Å². The molecule has 4 heteroatoms. The molecule has 1 aromatic heterocycles. The Morgan fingerprint density at radius 3 is 2.76 bits per heavy atom. The summed E-state index contributed by atoms with van der Waals surface area (Å²) in [4.78, 5) is 15.9. The quantitative estimate of drug-likeness (QED) is 0.781. The molecule has 0 fully saturated rings. The standard InChI is InChI=1S/C13H15ClN2O/c1-8(2)7-16-12-5-4-10(14)6-11(12)15-13(16)9(3)17/h4-6,8H,7H2,1-3H3. The van der Waals surface area contributed by atoms with Gasteiger partial charge in [-0.15, -0.1) is 0 Å². The molecule has 1 aromatic carbocycles. The zero-order valence-corrected chi connectivity index (χ0v) is 11.0. The van der Waals surface area contributed by atoms with Crippen LogP contribution in [-0.2, 0) is 6.54 Å². The molecule has 0 unspecified atom stereocenters. The molecule has 0 atom stereocenters. The summed E-state index contributed by atoms with van der Waals surface area (Å²) >= 11 is 5.93. The van der Waals surface area contributed by atoms with Crippen molar-refractivity contribution in [2.24, 2.45) is 5.92 Å². The van der Waals surface area contributed by atoms with Crippen LogP contribution in [0.1, 0.15) is 31.4 Å². The number of nitrogens with zero attached hydrogens (tertiary/aromatic N) is 2. The van der Waals surface area contributed by atoms with Gasteiger partial charge in [-0.1, -0.05) is 25.4 Å². The molecule has 0 saturated heterocycles. The van der Waals surface area contributed by atoms with E-state index in [4.69, 9.17) is 11.6 Å². The van der Waals surface area contributed by atoms with Crippen LogP contribution in [0.3, 0.4) is 0 Å². The minimum absolute atomic E-state index is 0.0158. The summed E-state index contributed by atoms with van der Waals surface area (Å²) in [5, 5.41) is 0.641. The van der Waals surface area contributed by atoms with Crippen LogP contribution >= 0.6 is 11.6 Å². The predicted octanol–water partition coefficient (Wildman–Crippen LogP) is 3.55. The highest BCUT2D eigenvalue weighted by atomic mass is 35.5. The largest absolute Gasteiger partial charge is 0.321 e. The van der Waals surface area contributed by atoms with Gasteiger partial charge in [-0.05, 0) is 24.1 Å². The number of hydrogen-bond donors (Lipinski definition) is 0. The van der Waals surface area contributed by atoms with E-state index in [0.29, 0.717) is 16.8 Å². The molecular weight excluding hydrogens is 236 g/mol. The van der Waals surface area contributed by atoms with Crippen molar-refractivity contribution in [3.63, 3.8) is 0 Å². The number of ketones is 1. The molecule has 2 aromatic rings. The summed E-state index contributed by atoms with van der Waals surface area (Å²) in [6.45, 7) is 6.56. The van der Waals surface area contributed by atoms with Crippen LogP contribution in [-0.4, -0.2) is 15.3 Å². The van der Waals surface area contributed by atoms with Crippen LogP contribution in [0.2, 0.25) is 5.02 Å². The maximum atomic E-state index is 11.6. The van der Waals surface area contributed by atoms with Gasteiger partial charge in [-0.2, -0.15) is 0 Å². The highest BCUT2D eigenvalue weighted by molar-refractivity contribution is 6.31. The van der Waals surface area contributed by atoms with Gasteiger partial charge in [0.15, 0.2) is 11.6 Å². The average molecular weight is 251 g/mol. The second-order valence-electron chi connectivity index (χ2n) is 4.63. The lowest BCUT2D eigenvalue weighted by Gasteiger charge is -2.09. The lowest BCUT2D eigenvalue weighted by molar-refractivity contribution is 0.0999. The monoisotopic (exact) mass is 250 g/mol. The second-order valence-corrected chi connectivity index (χ2v) is 5.07. The van der Waals surface area contributed by atoms with Crippen LogP contribution in [0.5, 0.6) is 0 Å².